The van der Waals surface area contributed by atoms with Crippen LogP contribution >= 0.6 is 27.5 Å². The summed E-state index contributed by atoms with van der Waals surface area (Å²) in [5.74, 6) is 0.0180. The maximum absolute atomic E-state index is 12.0. The number of hydrogen-bond donors (Lipinski definition) is 1. The lowest BCUT2D eigenvalue weighted by Gasteiger charge is -2.22. The van der Waals surface area contributed by atoms with Crippen LogP contribution in [0.1, 0.15) is 23.7 Å². The third-order valence-electron chi connectivity index (χ3n) is 2.94. The zero-order valence-corrected chi connectivity index (χ0v) is 12.8. The van der Waals surface area contributed by atoms with Gasteiger partial charge < -0.3 is 10.0 Å². The predicted molar refractivity (Wildman–Crippen MR) is 77.3 cm³/mol. The Morgan fingerprint density at radius 1 is 1.56 bits per heavy atom. The summed E-state index contributed by atoms with van der Waals surface area (Å²) in [4.78, 5) is 14.0. The van der Waals surface area contributed by atoms with E-state index in [0.717, 1.165) is 4.47 Å². The van der Waals surface area contributed by atoms with Gasteiger partial charge in [-0.2, -0.15) is 0 Å². The molecular weight excluding hydrogens is 318 g/mol. The lowest BCUT2D eigenvalue weighted by atomic mass is 10.1. The second kappa shape index (κ2) is 7.24. The molecule has 1 aromatic rings. The molecule has 0 spiro atoms. The highest BCUT2D eigenvalue weighted by atomic mass is 79.9. The summed E-state index contributed by atoms with van der Waals surface area (Å²) >= 11 is 9.33. The third kappa shape index (κ3) is 4.35. The van der Waals surface area contributed by atoms with Gasteiger partial charge in [0.25, 0.3) is 0 Å². The number of Topliss-reactive ketones (excluding diaryl/α,β-unsaturated/α-hetero) is 1. The zero-order valence-electron chi connectivity index (χ0n) is 10.5. The molecule has 0 radical (unpaired) electrons. The number of rotatable bonds is 6. The lowest BCUT2D eigenvalue weighted by Crippen LogP contribution is -2.33. The first-order chi connectivity index (χ1) is 8.45. The molecule has 0 aliphatic carbocycles. The minimum atomic E-state index is 0.0180. The standard InChI is InChI=1S/C13H17BrClNO2/c1-9(8-17)16(2)6-5-13(18)11-4-3-10(14)7-12(11)15/h3-4,7,9,17H,5-6,8H2,1-2H3. The van der Waals surface area contributed by atoms with E-state index in [9.17, 15) is 4.79 Å². The molecule has 0 amide bonds. The molecule has 1 N–H and O–H groups in total. The first-order valence-corrected chi connectivity index (χ1v) is 6.92. The maximum Gasteiger partial charge on any atom is 0.165 e. The summed E-state index contributed by atoms with van der Waals surface area (Å²) in [7, 11) is 1.89. The van der Waals surface area contributed by atoms with Crippen molar-refractivity contribution < 1.29 is 9.90 Å². The number of aliphatic hydroxyl groups excluding tert-OH is 1. The number of likely N-dealkylation sites (N-methyl/N-ethyl adjacent to an activating group) is 1. The molecule has 1 aromatic carbocycles. The van der Waals surface area contributed by atoms with Crippen molar-refractivity contribution in [3.63, 3.8) is 0 Å². The fourth-order valence-corrected chi connectivity index (χ4v) is 2.27. The molecule has 18 heavy (non-hydrogen) atoms. The van der Waals surface area contributed by atoms with Crippen molar-refractivity contribution in [3.8, 4) is 0 Å². The van der Waals surface area contributed by atoms with Crippen molar-refractivity contribution in [1.29, 1.82) is 0 Å². The Morgan fingerprint density at radius 2 is 2.22 bits per heavy atom. The summed E-state index contributed by atoms with van der Waals surface area (Å²) in [6.45, 7) is 2.60. The van der Waals surface area contributed by atoms with Crippen molar-refractivity contribution in [2.24, 2.45) is 0 Å². The Kier molecular flexibility index (Phi) is 6.29. The van der Waals surface area contributed by atoms with E-state index < -0.39 is 0 Å². The highest BCUT2D eigenvalue weighted by Gasteiger charge is 2.13. The van der Waals surface area contributed by atoms with E-state index in [0.29, 0.717) is 23.6 Å². The molecule has 0 heterocycles. The second-order valence-electron chi connectivity index (χ2n) is 4.31. The zero-order chi connectivity index (χ0) is 13.7. The van der Waals surface area contributed by atoms with Crippen molar-refractivity contribution in [2.75, 3.05) is 20.2 Å². The van der Waals surface area contributed by atoms with Crippen LogP contribution in [0, 0.1) is 0 Å². The van der Waals surface area contributed by atoms with Gasteiger partial charge in [0.1, 0.15) is 0 Å². The molecule has 0 aliphatic heterocycles. The van der Waals surface area contributed by atoms with Crippen LogP contribution in [0.2, 0.25) is 5.02 Å². The largest absolute Gasteiger partial charge is 0.395 e. The van der Waals surface area contributed by atoms with E-state index in [1.165, 1.54) is 0 Å². The van der Waals surface area contributed by atoms with Gasteiger partial charge in [-0.15, -0.1) is 0 Å². The van der Waals surface area contributed by atoms with Gasteiger partial charge in [-0.25, -0.2) is 0 Å². The van der Waals surface area contributed by atoms with E-state index in [1.54, 1.807) is 18.2 Å². The van der Waals surface area contributed by atoms with Gasteiger partial charge in [0.15, 0.2) is 5.78 Å². The van der Waals surface area contributed by atoms with Crippen LogP contribution < -0.4 is 0 Å². The van der Waals surface area contributed by atoms with Crippen LogP contribution in [0.25, 0.3) is 0 Å². The number of aliphatic hydroxyl groups is 1. The topological polar surface area (TPSA) is 40.5 Å². The van der Waals surface area contributed by atoms with Crippen LogP contribution in [0.3, 0.4) is 0 Å². The van der Waals surface area contributed by atoms with E-state index >= 15 is 0 Å². The van der Waals surface area contributed by atoms with E-state index in [1.807, 2.05) is 18.9 Å². The molecule has 1 rings (SSSR count). The maximum atomic E-state index is 12.0. The Hall–Kier alpha value is -0.420. The quantitative estimate of drug-likeness (QED) is 0.813. The number of nitrogens with zero attached hydrogens (tertiary/aromatic N) is 1. The summed E-state index contributed by atoms with van der Waals surface area (Å²) in [6.07, 6.45) is 0.391. The minimum Gasteiger partial charge on any atom is -0.395 e. The molecule has 1 unspecified atom stereocenters. The summed E-state index contributed by atoms with van der Waals surface area (Å²) in [5.41, 5.74) is 0.546. The Morgan fingerprint density at radius 3 is 2.78 bits per heavy atom. The first kappa shape index (κ1) is 15.6. The van der Waals surface area contributed by atoms with Crippen LogP contribution in [0.4, 0.5) is 0 Å². The number of benzene rings is 1. The first-order valence-electron chi connectivity index (χ1n) is 5.75. The van der Waals surface area contributed by atoms with E-state index in [-0.39, 0.29) is 18.4 Å². The minimum absolute atomic E-state index is 0.0180. The van der Waals surface area contributed by atoms with Crippen molar-refractivity contribution in [2.45, 2.75) is 19.4 Å². The van der Waals surface area contributed by atoms with Gasteiger partial charge in [-0.3, -0.25) is 4.79 Å². The molecule has 0 saturated carbocycles. The Bertz CT molecular complexity index is 425. The molecule has 100 valence electrons. The summed E-state index contributed by atoms with van der Waals surface area (Å²) in [6, 6.07) is 5.30. The van der Waals surface area contributed by atoms with Gasteiger partial charge in [0.05, 0.1) is 11.6 Å². The van der Waals surface area contributed by atoms with E-state index in [4.69, 9.17) is 16.7 Å². The molecule has 0 aromatic heterocycles. The summed E-state index contributed by atoms with van der Waals surface area (Å²) in [5, 5.41) is 9.47. The number of carbonyl (C=O) groups excluding carboxylic acids is 1. The molecule has 0 bridgehead atoms. The van der Waals surface area contributed by atoms with Crippen LogP contribution in [-0.2, 0) is 0 Å². The Labute approximate surface area is 121 Å². The number of hydrogen-bond acceptors (Lipinski definition) is 3. The van der Waals surface area contributed by atoms with Gasteiger partial charge in [-0.05, 0) is 32.2 Å². The fraction of sp³-hybridized carbons (Fsp3) is 0.462. The Balaban J connectivity index is 2.60. The monoisotopic (exact) mass is 333 g/mol. The smallest absolute Gasteiger partial charge is 0.165 e. The number of carbonyl (C=O) groups is 1. The van der Waals surface area contributed by atoms with Crippen LogP contribution in [-0.4, -0.2) is 42.0 Å². The van der Waals surface area contributed by atoms with E-state index in [2.05, 4.69) is 15.9 Å². The van der Waals surface area contributed by atoms with Crippen molar-refractivity contribution in [3.05, 3.63) is 33.3 Å². The number of halogens is 2. The highest BCUT2D eigenvalue weighted by Crippen LogP contribution is 2.22. The highest BCUT2D eigenvalue weighted by molar-refractivity contribution is 9.10. The second-order valence-corrected chi connectivity index (χ2v) is 5.63. The van der Waals surface area contributed by atoms with Gasteiger partial charge in [0, 0.05) is 29.0 Å². The fourth-order valence-electron chi connectivity index (χ4n) is 1.49. The third-order valence-corrected chi connectivity index (χ3v) is 3.75. The number of ketones is 1. The SMILES string of the molecule is CC(CO)N(C)CCC(=O)c1ccc(Br)cc1Cl. The van der Waals surface area contributed by atoms with Crippen LogP contribution in [0.15, 0.2) is 22.7 Å². The average molecular weight is 335 g/mol. The van der Waals surface area contributed by atoms with Gasteiger partial charge in [-0.1, -0.05) is 27.5 Å². The molecule has 1 atom stereocenters. The summed E-state index contributed by atoms with van der Waals surface area (Å²) < 4.78 is 0.857. The van der Waals surface area contributed by atoms with Crippen LogP contribution in [0.5, 0.6) is 0 Å². The average Bonchev–Trinajstić information content (AvgIpc) is 2.34. The van der Waals surface area contributed by atoms with Crippen molar-refractivity contribution in [1.82, 2.24) is 4.90 Å². The molecule has 5 heteroatoms. The normalized spacial score (nSPS) is 12.8. The lowest BCUT2D eigenvalue weighted by molar-refractivity contribution is 0.0947. The molecule has 0 aliphatic rings. The predicted octanol–water partition coefficient (Wildman–Crippen LogP) is 2.99. The molecular formula is C13H17BrClNO2. The van der Waals surface area contributed by atoms with Gasteiger partial charge >= 0.3 is 0 Å². The van der Waals surface area contributed by atoms with Crippen molar-refractivity contribution >= 4 is 33.3 Å². The molecule has 0 saturated heterocycles. The van der Waals surface area contributed by atoms with Gasteiger partial charge in [0.2, 0.25) is 0 Å². The molecule has 3 nitrogen and oxygen atoms in total. The molecule has 0 fully saturated rings.